The lowest BCUT2D eigenvalue weighted by atomic mass is 9.95. The molecule has 178 valence electrons. The third kappa shape index (κ3) is 5.08. The van der Waals surface area contributed by atoms with Crippen LogP contribution in [0.5, 0.6) is 5.75 Å². The molecule has 2 amide bonds. The number of fused-ring (bicyclic) bond motifs is 1. The second-order valence-electron chi connectivity index (χ2n) is 9.26. The van der Waals surface area contributed by atoms with E-state index in [9.17, 15) is 14.7 Å². The normalized spacial score (nSPS) is 19.9. The first-order valence-corrected chi connectivity index (χ1v) is 12.8. The van der Waals surface area contributed by atoms with Gasteiger partial charge in [-0.2, -0.15) is 0 Å². The SMILES string of the molecule is O=C(Nc1ccccc1O)C1CCN(CC(=O)N2CCC[C@H](c3nc4ccccc4s3)C2)CC1. The molecular weight excluding hydrogens is 448 g/mol. The number of benzene rings is 2. The van der Waals surface area contributed by atoms with Crippen LogP contribution in [0.4, 0.5) is 5.69 Å². The van der Waals surface area contributed by atoms with Crippen molar-refractivity contribution in [1.82, 2.24) is 14.8 Å². The van der Waals surface area contributed by atoms with Crippen molar-refractivity contribution in [2.45, 2.75) is 31.6 Å². The summed E-state index contributed by atoms with van der Waals surface area (Å²) in [5, 5.41) is 13.8. The van der Waals surface area contributed by atoms with Gasteiger partial charge < -0.3 is 15.3 Å². The zero-order valence-electron chi connectivity index (χ0n) is 19.2. The number of amides is 2. The molecule has 0 spiro atoms. The van der Waals surface area contributed by atoms with Gasteiger partial charge in [-0.15, -0.1) is 11.3 Å². The number of nitrogens with zero attached hydrogens (tertiary/aromatic N) is 3. The Bertz CT molecular complexity index is 1140. The highest BCUT2D eigenvalue weighted by Crippen LogP contribution is 2.33. The van der Waals surface area contributed by atoms with E-state index >= 15 is 0 Å². The number of likely N-dealkylation sites (tertiary alicyclic amines) is 2. The third-order valence-corrected chi connectivity index (χ3v) is 8.11. The lowest BCUT2D eigenvalue weighted by molar-refractivity contribution is -0.134. The predicted molar refractivity (Wildman–Crippen MR) is 134 cm³/mol. The highest BCUT2D eigenvalue weighted by Gasteiger charge is 2.30. The molecule has 2 aliphatic rings. The number of piperidine rings is 2. The molecule has 0 radical (unpaired) electrons. The molecule has 1 aromatic heterocycles. The minimum atomic E-state index is -0.107. The molecule has 3 heterocycles. The number of carbonyl (C=O) groups excluding carboxylic acids is 2. The van der Waals surface area contributed by atoms with Gasteiger partial charge in [-0.3, -0.25) is 14.5 Å². The second kappa shape index (κ2) is 10.1. The minimum absolute atomic E-state index is 0.0674. The zero-order chi connectivity index (χ0) is 23.5. The lowest BCUT2D eigenvalue weighted by Gasteiger charge is -2.35. The standard InChI is InChI=1S/C26H30N4O3S/c31-22-9-3-1-7-20(22)27-25(33)18-11-14-29(15-12-18)17-24(32)30-13-5-6-19(16-30)26-28-21-8-2-4-10-23(21)34-26/h1-4,7-10,18-19,31H,5-6,11-17H2,(H,27,33)/t19-/m0/s1. The first kappa shape index (κ1) is 22.8. The molecule has 7 nitrogen and oxygen atoms in total. The molecule has 8 heteroatoms. The molecule has 3 aromatic rings. The molecule has 0 saturated carbocycles. The average molecular weight is 479 g/mol. The molecule has 2 saturated heterocycles. The Hall–Kier alpha value is -2.97. The van der Waals surface area contributed by atoms with Crippen molar-refractivity contribution in [2.75, 3.05) is 38.0 Å². The summed E-state index contributed by atoms with van der Waals surface area (Å²) in [4.78, 5) is 34.7. The number of hydrogen-bond donors (Lipinski definition) is 2. The molecule has 2 aliphatic heterocycles. The van der Waals surface area contributed by atoms with Gasteiger partial charge in [0.25, 0.3) is 0 Å². The molecule has 2 N–H and O–H groups in total. The summed E-state index contributed by atoms with van der Waals surface area (Å²) in [6.45, 7) is 3.39. The number of phenolic OH excluding ortho intramolecular Hbond substituents is 1. The van der Waals surface area contributed by atoms with Gasteiger partial charge in [0.05, 0.1) is 27.5 Å². The van der Waals surface area contributed by atoms with Crippen LogP contribution in [-0.2, 0) is 9.59 Å². The van der Waals surface area contributed by atoms with Gasteiger partial charge in [-0.1, -0.05) is 24.3 Å². The Morgan fingerprint density at radius 1 is 1.03 bits per heavy atom. The van der Waals surface area contributed by atoms with E-state index in [1.807, 2.05) is 23.1 Å². The van der Waals surface area contributed by atoms with Crippen molar-refractivity contribution in [3.8, 4) is 5.75 Å². The first-order chi connectivity index (χ1) is 16.6. The van der Waals surface area contributed by atoms with E-state index in [4.69, 9.17) is 4.98 Å². The van der Waals surface area contributed by atoms with Gasteiger partial charge in [0.1, 0.15) is 5.75 Å². The number of aromatic nitrogens is 1. The maximum Gasteiger partial charge on any atom is 0.236 e. The molecule has 0 unspecified atom stereocenters. The van der Waals surface area contributed by atoms with Gasteiger partial charge in [-0.25, -0.2) is 4.98 Å². The number of carbonyl (C=O) groups is 2. The van der Waals surface area contributed by atoms with Gasteiger partial charge in [0.15, 0.2) is 0 Å². The van der Waals surface area contributed by atoms with Crippen LogP contribution in [0.1, 0.15) is 36.6 Å². The fourth-order valence-electron chi connectivity index (χ4n) is 4.93. The molecule has 0 aliphatic carbocycles. The van der Waals surface area contributed by atoms with Crippen LogP contribution < -0.4 is 5.32 Å². The lowest BCUT2D eigenvalue weighted by Crippen LogP contribution is -2.47. The van der Waals surface area contributed by atoms with Crippen LogP contribution in [0.15, 0.2) is 48.5 Å². The van der Waals surface area contributed by atoms with Gasteiger partial charge in [0, 0.05) is 24.9 Å². The number of rotatable bonds is 5. The Kier molecular flexibility index (Phi) is 6.78. The van der Waals surface area contributed by atoms with Crippen molar-refractivity contribution in [3.63, 3.8) is 0 Å². The second-order valence-corrected chi connectivity index (χ2v) is 10.3. The van der Waals surface area contributed by atoms with Gasteiger partial charge in [0.2, 0.25) is 11.8 Å². The van der Waals surface area contributed by atoms with E-state index in [0.29, 0.717) is 31.0 Å². The third-order valence-electron chi connectivity index (χ3n) is 6.91. The number of hydrogen-bond acceptors (Lipinski definition) is 6. The Balaban J connectivity index is 1.12. The van der Waals surface area contributed by atoms with Crippen LogP contribution in [0.25, 0.3) is 10.2 Å². The summed E-state index contributed by atoms with van der Waals surface area (Å²) in [7, 11) is 0. The van der Waals surface area contributed by atoms with Crippen LogP contribution in [-0.4, -0.2) is 64.4 Å². The predicted octanol–water partition coefficient (Wildman–Crippen LogP) is 4.06. The van der Waals surface area contributed by atoms with E-state index in [0.717, 1.165) is 49.5 Å². The molecule has 2 fully saturated rings. The monoisotopic (exact) mass is 478 g/mol. The summed E-state index contributed by atoms with van der Waals surface area (Å²) >= 11 is 1.74. The molecule has 1 atom stereocenters. The summed E-state index contributed by atoms with van der Waals surface area (Å²) in [5.74, 6) is 0.373. The van der Waals surface area contributed by atoms with E-state index in [2.05, 4.69) is 16.3 Å². The molecule has 5 rings (SSSR count). The van der Waals surface area contributed by atoms with Gasteiger partial charge >= 0.3 is 0 Å². The Morgan fingerprint density at radius 2 is 1.79 bits per heavy atom. The molecule has 0 bridgehead atoms. The molecular formula is C26H30N4O3S. The fourth-order valence-corrected chi connectivity index (χ4v) is 6.02. The topological polar surface area (TPSA) is 85.8 Å². The Labute approximate surface area is 203 Å². The van der Waals surface area contributed by atoms with Crippen LogP contribution in [0, 0.1) is 5.92 Å². The highest BCUT2D eigenvalue weighted by molar-refractivity contribution is 7.18. The van der Waals surface area contributed by atoms with Crippen LogP contribution in [0.3, 0.4) is 0 Å². The summed E-state index contributed by atoms with van der Waals surface area (Å²) in [5.41, 5.74) is 1.48. The summed E-state index contributed by atoms with van der Waals surface area (Å²) in [6.07, 6.45) is 3.49. The smallest absolute Gasteiger partial charge is 0.236 e. The number of aromatic hydroxyl groups is 1. The highest BCUT2D eigenvalue weighted by atomic mass is 32.1. The first-order valence-electron chi connectivity index (χ1n) is 12.0. The van der Waals surface area contributed by atoms with Crippen LogP contribution >= 0.6 is 11.3 Å². The molecule has 34 heavy (non-hydrogen) atoms. The average Bonchev–Trinajstić information content (AvgIpc) is 3.30. The molecule has 2 aromatic carbocycles. The number of thiazole rings is 1. The summed E-state index contributed by atoms with van der Waals surface area (Å²) in [6, 6.07) is 15.0. The van der Waals surface area contributed by atoms with Crippen molar-refractivity contribution in [3.05, 3.63) is 53.5 Å². The van der Waals surface area contributed by atoms with Crippen molar-refractivity contribution in [2.24, 2.45) is 5.92 Å². The quantitative estimate of drug-likeness (QED) is 0.540. The Morgan fingerprint density at radius 3 is 2.59 bits per heavy atom. The fraction of sp³-hybridized carbons (Fsp3) is 0.423. The zero-order valence-corrected chi connectivity index (χ0v) is 20.0. The maximum absolute atomic E-state index is 13.1. The minimum Gasteiger partial charge on any atom is -0.506 e. The van der Waals surface area contributed by atoms with E-state index in [1.165, 1.54) is 4.70 Å². The maximum atomic E-state index is 13.1. The van der Waals surface area contributed by atoms with E-state index in [1.54, 1.807) is 35.6 Å². The van der Waals surface area contributed by atoms with Gasteiger partial charge in [-0.05, 0) is 63.0 Å². The van der Waals surface area contributed by atoms with Crippen molar-refractivity contribution >= 4 is 39.1 Å². The largest absolute Gasteiger partial charge is 0.506 e. The van der Waals surface area contributed by atoms with Crippen LogP contribution in [0.2, 0.25) is 0 Å². The van der Waals surface area contributed by atoms with E-state index < -0.39 is 0 Å². The number of nitrogens with one attached hydrogen (secondary N) is 1. The number of phenols is 1. The van der Waals surface area contributed by atoms with Crippen molar-refractivity contribution in [1.29, 1.82) is 0 Å². The van der Waals surface area contributed by atoms with E-state index in [-0.39, 0.29) is 23.5 Å². The summed E-state index contributed by atoms with van der Waals surface area (Å²) < 4.78 is 1.20. The van der Waals surface area contributed by atoms with Crippen molar-refractivity contribution < 1.29 is 14.7 Å². The number of anilines is 1. The number of para-hydroxylation sites is 3.